The Labute approximate surface area is 163 Å². The fourth-order valence-corrected chi connectivity index (χ4v) is 3.32. The zero-order valence-corrected chi connectivity index (χ0v) is 15.6. The second-order valence-corrected chi connectivity index (χ2v) is 7.39. The molecule has 0 aromatic heterocycles. The minimum Gasteiger partial charge on any atom is -0.419 e. The fraction of sp³-hybridized carbons (Fsp3) is 0.158. The normalized spacial score (nSPS) is 15.6. The number of ether oxygens (including phenoxy) is 2. The molecule has 0 amide bonds. The number of nitrogens with zero attached hydrogens (tertiary/aromatic N) is 1. The summed E-state index contributed by atoms with van der Waals surface area (Å²) in [6.45, 7) is 2.84. The molecule has 0 atom stereocenters. The molecule has 1 aliphatic heterocycles. The molecular formula is C19H14FNO6S. The first kappa shape index (κ1) is 19.6. The highest BCUT2D eigenvalue weighted by Crippen LogP contribution is 2.35. The molecule has 1 aliphatic rings. The smallest absolute Gasteiger partial charge is 0.348 e. The summed E-state index contributed by atoms with van der Waals surface area (Å²) in [5.74, 6) is -3.55. The second kappa shape index (κ2) is 7.43. The van der Waals surface area contributed by atoms with Gasteiger partial charge in [0.25, 0.3) is 11.5 Å². The first-order chi connectivity index (χ1) is 13.1. The number of rotatable bonds is 4. The molecule has 0 unspecified atom stereocenters. The maximum absolute atomic E-state index is 13.1. The average Bonchev–Trinajstić information content (AvgIpc) is 2.60. The molecule has 28 heavy (non-hydrogen) atoms. The number of benzene rings is 2. The van der Waals surface area contributed by atoms with Gasteiger partial charge < -0.3 is 9.47 Å². The zero-order chi connectivity index (χ0) is 20.5. The monoisotopic (exact) mass is 403 g/mol. The van der Waals surface area contributed by atoms with Crippen molar-refractivity contribution in [2.24, 2.45) is 0 Å². The summed E-state index contributed by atoms with van der Waals surface area (Å²) in [6, 6.07) is 9.68. The molecule has 0 saturated carbocycles. The SMILES string of the molecule is CC1(C)OC(=O)C(=Cc2cc([N+](=O)[O-])ccc2Sc2ccc(F)cc2)C(=O)O1. The quantitative estimate of drug-likeness (QED) is 0.249. The van der Waals surface area contributed by atoms with E-state index in [4.69, 9.17) is 9.47 Å². The van der Waals surface area contributed by atoms with E-state index in [1.54, 1.807) is 12.1 Å². The number of hydrogen-bond donors (Lipinski definition) is 0. The summed E-state index contributed by atoms with van der Waals surface area (Å²) in [4.78, 5) is 36.1. The molecule has 0 N–H and O–H groups in total. The molecule has 0 spiro atoms. The molecule has 2 aromatic rings. The van der Waals surface area contributed by atoms with Crippen molar-refractivity contribution in [3.05, 3.63) is 69.5 Å². The summed E-state index contributed by atoms with van der Waals surface area (Å²) in [5.41, 5.74) is -0.332. The minimum atomic E-state index is -1.39. The van der Waals surface area contributed by atoms with E-state index in [1.807, 2.05) is 0 Å². The van der Waals surface area contributed by atoms with Crippen LogP contribution in [0.5, 0.6) is 0 Å². The maximum Gasteiger partial charge on any atom is 0.348 e. The van der Waals surface area contributed by atoms with E-state index >= 15 is 0 Å². The highest BCUT2D eigenvalue weighted by molar-refractivity contribution is 7.99. The van der Waals surface area contributed by atoms with Crippen LogP contribution in [-0.2, 0) is 19.1 Å². The van der Waals surface area contributed by atoms with Gasteiger partial charge in [-0.25, -0.2) is 14.0 Å². The molecule has 3 rings (SSSR count). The number of esters is 2. The Balaban J connectivity index is 2.03. The fourth-order valence-electron chi connectivity index (χ4n) is 2.42. The molecule has 144 valence electrons. The maximum atomic E-state index is 13.1. The van der Waals surface area contributed by atoms with Crippen LogP contribution < -0.4 is 0 Å². The summed E-state index contributed by atoms with van der Waals surface area (Å²) < 4.78 is 23.2. The van der Waals surface area contributed by atoms with Crippen LogP contribution in [0.15, 0.2) is 57.8 Å². The van der Waals surface area contributed by atoms with Crippen molar-refractivity contribution in [2.45, 2.75) is 29.4 Å². The lowest BCUT2D eigenvalue weighted by Gasteiger charge is -2.29. The van der Waals surface area contributed by atoms with Crippen molar-refractivity contribution in [3.63, 3.8) is 0 Å². The summed E-state index contributed by atoms with van der Waals surface area (Å²) in [7, 11) is 0. The van der Waals surface area contributed by atoms with Gasteiger partial charge in [0.1, 0.15) is 11.4 Å². The third kappa shape index (κ3) is 4.37. The number of nitro benzene ring substituents is 1. The van der Waals surface area contributed by atoms with E-state index in [1.165, 1.54) is 62.0 Å². The molecular weight excluding hydrogens is 389 g/mol. The largest absolute Gasteiger partial charge is 0.419 e. The Kier molecular flexibility index (Phi) is 5.19. The Morgan fingerprint density at radius 3 is 2.25 bits per heavy atom. The lowest BCUT2D eigenvalue weighted by molar-refractivity contribution is -0.384. The van der Waals surface area contributed by atoms with Gasteiger partial charge >= 0.3 is 11.9 Å². The number of nitro groups is 1. The minimum absolute atomic E-state index is 0.215. The van der Waals surface area contributed by atoms with E-state index < -0.39 is 28.5 Å². The van der Waals surface area contributed by atoms with Gasteiger partial charge in [0.2, 0.25) is 0 Å². The molecule has 0 bridgehead atoms. The standard InChI is InChI=1S/C19H14FNO6S/c1-19(2)26-17(22)15(18(23)27-19)10-11-9-13(21(24)25)5-8-16(11)28-14-6-3-12(20)4-7-14/h3-10H,1-2H3. The predicted octanol–water partition coefficient (Wildman–Crippen LogP) is 4.10. The van der Waals surface area contributed by atoms with Gasteiger partial charge in [-0.3, -0.25) is 10.1 Å². The highest BCUT2D eigenvalue weighted by Gasteiger charge is 2.39. The van der Waals surface area contributed by atoms with E-state index in [-0.39, 0.29) is 16.8 Å². The number of halogens is 1. The molecule has 1 heterocycles. The number of non-ortho nitro benzene ring substituents is 1. The van der Waals surface area contributed by atoms with Gasteiger partial charge in [-0.1, -0.05) is 11.8 Å². The first-order valence-corrected chi connectivity index (χ1v) is 8.86. The lowest BCUT2D eigenvalue weighted by Crippen LogP contribution is -2.41. The van der Waals surface area contributed by atoms with Crippen molar-refractivity contribution in [1.29, 1.82) is 0 Å². The van der Waals surface area contributed by atoms with E-state index in [0.717, 1.165) is 0 Å². The van der Waals surface area contributed by atoms with Gasteiger partial charge in [0, 0.05) is 35.8 Å². The Bertz CT molecular complexity index is 978. The van der Waals surface area contributed by atoms with Crippen LogP contribution in [0, 0.1) is 15.9 Å². The highest BCUT2D eigenvalue weighted by atomic mass is 32.2. The molecule has 9 heteroatoms. The van der Waals surface area contributed by atoms with Crippen LogP contribution in [0.25, 0.3) is 6.08 Å². The van der Waals surface area contributed by atoms with Crippen molar-refractivity contribution in [3.8, 4) is 0 Å². The van der Waals surface area contributed by atoms with Crippen LogP contribution in [-0.4, -0.2) is 22.6 Å². The molecule has 0 radical (unpaired) electrons. The first-order valence-electron chi connectivity index (χ1n) is 8.05. The van der Waals surface area contributed by atoms with Crippen LogP contribution in [0.3, 0.4) is 0 Å². The summed E-state index contributed by atoms with van der Waals surface area (Å²) in [5, 5.41) is 11.1. The van der Waals surface area contributed by atoms with Crippen molar-refractivity contribution in [2.75, 3.05) is 0 Å². The van der Waals surface area contributed by atoms with Crippen LogP contribution in [0.1, 0.15) is 19.4 Å². The van der Waals surface area contributed by atoms with Gasteiger partial charge in [-0.05, 0) is 42.0 Å². The molecule has 1 fully saturated rings. The Morgan fingerprint density at radius 2 is 1.68 bits per heavy atom. The number of hydrogen-bond acceptors (Lipinski definition) is 7. The van der Waals surface area contributed by atoms with Gasteiger partial charge in [0.15, 0.2) is 0 Å². The van der Waals surface area contributed by atoms with Crippen LogP contribution in [0.2, 0.25) is 0 Å². The number of carbonyl (C=O) groups is 2. The molecule has 0 aliphatic carbocycles. The van der Waals surface area contributed by atoms with Crippen molar-refractivity contribution in [1.82, 2.24) is 0 Å². The number of cyclic esters (lactones) is 2. The third-order valence-electron chi connectivity index (χ3n) is 3.66. The zero-order valence-electron chi connectivity index (χ0n) is 14.8. The van der Waals surface area contributed by atoms with Crippen LogP contribution >= 0.6 is 11.8 Å². The van der Waals surface area contributed by atoms with E-state index in [0.29, 0.717) is 9.79 Å². The predicted molar refractivity (Wildman–Crippen MR) is 97.9 cm³/mol. The summed E-state index contributed by atoms with van der Waals surface area (Å²) >= 11 is 1.20. The van der Waals surface area contributed by atoms with Gasteiger partial charge in [-0.2, -0.15) is 0 Å². The topological polar surface area (TPSA) is 95.7 Å². The van der Waals surface area contributed by atoms with Crippen molar-refractivity contribution >= 4 is 35.5 Å². The summed E-state index contributed by atoms with van der Waals surface area (Å²) in [6.07, 6.45) is 1.19. The second-order valence-electron chi connectivity index (χ2n) is 6.27. The van der Waals surface area contributed by atoms with Crippen LogP contribution in [0.4, 0.5) is 10.1 Å². The average molecular weight is 403 g/mol. The lowest BCUT2D eigenvalue weighted by atomic mass is 10.1. The van der Waals surface area contributed by atoms with E-state index in [9.17, 15) is 24.1 Å². The van der Waals surface area contributed by atoms with Crippen molar-refractivity contribution < 1.29 is 28.4 Å². The van der Waals surface area contributed by atoms with Gasteiger partial charge in [-0.15, -0.1) is 0 Å². The molecule has 7 nitrogen and oxygen atoms in total. The molecule has 1 saturated heterocycles. The molecule has 2 aromatic carbocycles. The third-order valence-corrected chi connectivity index (χ3v) is 4.76. The Hall–Kier alpha value is -3.20. The Morgan fingerprint density at radius 1 is 1.07 bits per heavy atom. The van der Waals surface area contributed by atoms with Gasteiger partial charge in [0.05, 0.1) is 4.92 Å². The van der Waals surface area contributed by atoms with E-state index in [2.05, 4.69) is 0 Å². The number of carbonyl (C=O) groups excluding carboxylic acids is 2.